The van der Waals surface area contributed by atoms with Crippen LogP contribution < -0.4 is 14.9 Å². The van der Waals surface area contributed by atoms with Crippen LogP contribution in [0.1, 0.15) is 103 Å². The van der Waals surface area contributed by atoms with Gasteiger partial charge in [-0.15, -0.1) is 0 Å². The van der Waals surface area contributed by atoms with Gasteiger partial charge in [0.05, 0.1) is 29.5 Å². The van der Waals surface area contributed by atoms with E-state index >= 15 is 0 Å². The molecule has 66 heavy (non-hydrogen) atoms. The predicted octanol–water partition coefficient (Wildman–Crippen LogP) is 3.95. The first-order chi connectivity index (χ1) is 30.9. The second-order valence-electron chi connectivity index (χ2n) is 15.8. The number of benzene rings is 2. The quantitative estimate of drug-likeness (QED) is 0.112. The van der Waals surface area contributed by atoms with Crippen molar-refractivity contribution in [3.05, 3.63) is 69.6 Å². The molecule has 21 nitrogen and oxygen atoms in total. The van der Waals surface area contributed by atoms with Gasteiger partial charge in [-0.05, 0) is 87.8 Å². The van der Waals surface area contributed by atoms with Crippen LogP contribution in [0.2, 0.25) is 0 Å². The minimum absolute atomic E-state index is 0. The van der Waals surface area contributed by atoms with Gasteiger partial charge in [0, 0.05) is 97.3 Å². The third kappa shape index (κ3) is 20.1. The molecule has 2 saturated heterocycles. The van der Waals surface area contributed by atoms with Crippen LogP contribution in [0.4, 0.5) is 0 Å². The Kier molecular flexibility index (Phi) is 27.0. The summed E-state index contributed by atoms with van der Waals surface area (Å²) in [7, 11) is -7.55. The number of aliphatic hydroxyl groups excluding tert-OH is 2. The number of rotatable bonds is 8. The standard InChI is InChI=1S/C17H26N4O3S.C17H24N4O3S.C4H8O.2C2H4O2.Cu.O2/c2*1-2-18-16(21-13-17(12-19-21)8-3-4-9-17)20-25(23,24)15-7-5-6-14(10-15)11-22;1-2-4-5-3-1;2*1-2(3)4;;1-2/h5-7,10,19,22H,2-4,8-9,11-13H2,1H3,(H,18,20);5-7,10,12,22H,2-4,8-9,11,13H2,1H3,(H,18,20);1-4H2;2*1H3,(H,3,4);;. The average Bonchev–Trinajstić information content (AvgIpc) is 4.16. The summed E-state index contributed by atoms with van der Waals surface area (Å²) in [6.07, 6.45) is 13.8. The van der Waals surface area contributed by atoms with Crippen molar-refractivity contribution in [2.45, 2.75) is 115 Å². The van der Waals surface area contributed by atoms with E-state index in [9.17, 15) is 27.0 Å². The number of hydrogen-bond donors (Lipinski definition) is 7. The Labute approximate surface area is 398 Å². The van der Waals surface area contributed by atoms with Gasteiger partial charge >= 0.3 is 0 Å². The van der Waals surface area contributed by atoms with E-state index in [1.165, 1.54) is 75.6 Å². The Morgan fingerprint density at radius 2 is 1.18 bits per heavy atom. The number of aliphatic hydroxyl groups is 2. The maximum Gasteiger partial charge on any atom is 0.300 e. The van der Waals surface area contributed by atoms with Crippen LogP contribution >= 0.6 is 0 Å². The van der Waals surface area contributed by atoms with Gasteiger partial charge in [-0.25, -0.2) is 36.7 Å². The molecule has 0 unspecified atom stereocenters. The molecule has 2 spiro atoms. The number of nitrogens with zero attached hydrogens (tertiary/aromatic N) is 5. The fourth-order valence-corrected chi connectivity index (χ4v) is 9.71. The van der Waals surface area contributed by atoms with Gasteiger partial charge in [0.1, 0.15) is 0 Å². The van der Waals surface area contributed by atoms with E-state index in [0.717, 1.165) is 53.0 Å². The predicted molar refractivity (Wildman–Crippen MR) is 246 cm³/mol. The molecule has 1 radical (unpaired) electrons. The van der Waals surface area contributed by atoms with Crippen LogP contribution in [-0.2, 0) is 64.7 Å². The first-order valence-electron chi connectivity index (χ1n) is 21.4. The van der Waals surface area contributed by atoms with Crippen LogP contribution in [0.15, 0.2) is 73.4 Å². The molecule has 2 aromatic carbocycles. The first kappa shape index (κ1) is 59.5. The van der Waals surface area contributed by atoms with Gasteiger partial charge in [-0.2, -0.15) is 5.10 Å². The van der Waals surface area contributed by atoms with E-state index in [1.54, 1.807) is 29.3 Å². The molecule has 7 rings (SSSR count). The molecule has 2 aliphatic carbocycles. The molecule has 3 aliphatic heterocycles. The number of carboxylic acids is 2. The summed E-state index contributed by atoms with van der Waals surface area (Å²) >= 11 is 0. The largest absolute Gasteiger partial charge is 0.481 e. The number of hydrazine groups is 1. The molecule has 3 heterocycles. The van der Waals surface area contributed by atoms with Gasteiger partial charge < -0.3 is 25.2 Å². The van der Waals surface area contributed by atoms with Crippen molar-refractivity contribution in [2.75, 3.05) is 45.9 Å². The zero-order valence-electron chi connectivity index (χ0n) is 37.9. The number of ether oxygens (including phenoxy) is 1. The molecule has 24 heteroatoms. The molecule has 2 saturated carbocycles. The van der Waals surface area contributed by atoms with Crippen LogP contribution in [-0.4, -0.2) is 123 Å². The van der Waals surface area contributed by atoms with Crippen molar-refractivity contribution < 1.29 is 68.7 Å². The van der Waals surface area contributed by atoms with Crippen LogP contribution in [0, 0.1) is 20.8 Å². The molecule has 5 aliphatic rings. The Bertz CT molecular complexity index is 2090. The minimum Gasteiger partial charge on any atom is -0.481 e. The molecule has 7 N–H and O–H groups in total. The van der Waals surface area contributed by atoms with Crippen molar-refractivity contribution in [3.63, 3.8) is 0 Å². The number of carbonyl (C=O) groups is 2. The third-order valence-electron chi connectivity index (χ3n) is 10.5. The maximum absolute atomic E-state index is 12.7. The van der Waals surface area contributed by atoms with Crippen molar-refractivity contribution >= 4 is 50.1 Å². The summed E-state index contributed by atoms with van der Waals surface area (Å²) in [5, 5.41) is 41.2. The van der Waals surface area contributed by atoms with Crippen LogP contribution in [0.25, 0.3) is 0 Å². The summed E-state index contributed by atoms with van der Waals surface area (Å²) in [6, 6.07) is 12.5. The summed E-state index contributed by atoms with van der Waals surface area (Å²) in [4.78, 5) is 40.9. The van der Waals surface area contributed by atoms with Crippen LogP contribution in [0.5, 0.6) is 0 Å². The molecule has 0 bridgehead atoms. The van der Waals surface area contributed by atoms with Gasteiger partial charge in [0.25, 0.3) is 32.0 Å². The van der Waals surface area contributed by atoms with Crippen LogP contribution in [0.3, 0.4) is 0 Å². The summed E-state index contributed by atoms with van der Waals surface area (Å²) in [5.41, 5.74) is 4.69. The zero-order valence-corrected chi connectivity index (χ0v) is 40.5. The average molecular weight is 1020 g/mol. The van der Waals surface area contributed by atoms with Crippen molar-refractivity contribution in [1.29, 1.82) is 0 Å². The van der Waals surface area contributed by atoms with E-state index in [4.69, 9.17) is 34.5 Å². The molecule has 0 atom stereocenters. The normalized spacial score (nSPS) is 17.8. The Hall–Kier alpha value is -4.55. The summed E-state index contributed by atoms with van der Waals surface area (Å²) < 4.78 is 61.0. The topological polar surface area (TPSA) is 306 Å². The fraction of sp³-hybridized carbons (Fsp3) is 0.595. The number of hydrazone groups is 1. The summed E-state index contributed by atoms with van der Waals surface area (Å²) in [5.74, 6) is -1.09. The number of guanidine groups is 2. The number of aliphatic carboxylic acids is 2. The fourth-order valence-electron chi connectivity index (χ4n) is 7.52. The van der Waals surface area contributed by atoms with E-state index in [2.05, 4.69) is 30.0 Å². The van der Waals surface area contributed by atoms with Gasteiger partial charge in [0.2, 0.25) is 11.9 Å². The van der Waals surface area contributed by atoms with Crippen molar-refractivity contribution in [3.8, 4) is 0 Å². The second kappa shape index (κ2) is 30.0. The van der Waals surface area contributed by atoms with Gasteiger partial charge in [0.15, 0.2) is 0 Å². The zero-order chi connectivity index (χ0) is 48.5. The number of aliphatic imine (C=N–C) groups is 2. The monoisotopic (exact) mass is 1020 g/mol. The Balaban J connectivity index is 0.000000499. The molecule has 375 valence electrons. The van der Waals surface area contributed by atoms with Crippen molar-refractivity contribution in [2.24, 2.45) is 25.9 Å². The van der Waals surface area contributed by atoms with E-state index < -0.39 is 32.0 Å². The smallest absolute Gasteiger partial charge is 0.300 e. The Morgan fingerprint density at radius 1 is 0.742 bits per heavy atom. The first-order valence-corrected chi connectivity index (χ1v) is 24.4. The molecule has 0 aromatic heterocycles. The maximum atomic E-state index is 12.7. The summed E-state index contributed by atoms with van der Waals surface area (Å²) in [6.45, 7) is 10.7. The van der Waals surface area contributed by atoms with E-state index in [0.29, 0.717) is 36.7 Å². The second-order valence-corrected chi connectivity index (χ2v) is 19.1. The number of carboxylic acid groups (broad SMARTS) is 2. The minimum atomic E-state index is -3.79. The molecule has 2 aromatic rings. The van der Waals surface area contributed by atoms with Crippen molar-refractivity contribution in [1.82, 2.24) is 24.9 Å². The SMILES string of the molecule is C1CCOC1.CC(=O)O.CC(=O)O.CCN=C(NS(=O)(=O)c1cccc(CO)c1)N1CC2(C=N1)CCCC2.CCN=C(NS(=O)(=O)c1cccc(CO)c1)N1CC2(CCCC2)CN1.O=O.[Cu]. The molecular formula is C42H66CuN8O13S2. The molecular weight excluding hydrogens is 952 g/mol. The van der Waals surface area contributed by atoms with E-state index in [1.807, 2.05) is 25.1 Å². The van der Waals surface area contributed by atoms with E-state index in [-0.39, 0.29) is 56.9 Å². The number of sulfonamides is 2. The third-order valence-corrected chi connectivity index (χ3v) is 13.2. The Morgan fingerprint density at radius 3 is 1.61 bits per heavy atom. The molecule has 4 fully saturated rings. The number of hydrogen-bond acceptors (Lipinski definition) is 15. The molecule has 0 amide bonds. The van der Waals surface area contributed by atoms with Gasteiger partial charge in [-0.3, -0.25) is 24.6 Å². The van der Waals surface area contributed by atoms with Gasteiger partial charge in [-0.1, -0.05) is 49.9 Å². The number of nitrogens with one attached hydrogen (secondary N) is 3.